The first-order chi connectivity index (χ1) is 8.29. The molecule has 0 radical (unpaired) electrons. The smallest absolute Gasteiger partial charge is 0.331 e. The molecule has 0 aromatic heterocycles. The van der Waals surface area contributed by atoms with E-state index in [1.165, 1.54) is 0 Å². The van der Waals surface area contributed by atoms with Gasteiger partial charge in [-0.25, -0.2) is 4.79 Å². The van der Waals surface area contributed by atoms with Crippen molar-refractivity contribution in [2.75, 3.05) is 12.0 Å². The van der Waals surface area contributed by atoms with Gasteiger partial charge in [0.15, 0.2) is 10.8 Å². The molecule has 0 aromatic carbocycles. The summed E-state index contributed by atoms with van der Waals surface area (Å²) >= 11 is 7.15. The number of fused-ring (bicyclic) bond motifs is 1. The first kappa shape index (κ1) is 13.9. The number of hydrogen-bond donors (Lipinski definition) is 1. The van der Waals surface area contributed by atoms with Crippen molar-refractivity contribution >= 4 is 35.1 Å². The number of carbonyl (C=O) groups is 1. The van der Waals surface area contributed by atoms with Crippen molar-refractivity contribution in [3.05, 3.63) is 0 Å². The number of thiocarbonyl (C=S) groups is 1. The van der Waals surface area contributed by atoms with Crippen LogP contribution in [0.25, 0.3) is 0 Å². The molecule has 2 atom stereocenters. The fourth-order valence-corrected chi connectivity index (χ4v) is 3.99. The summed E-state index contributed by atoms with van der Waals surface area (Å²) in [7, 11) is 0. The zero-order valence-corrected chi connectivity index (χ0v) is 12.9. The van der Waals surface area contributed by atoms with Gasteiger partial charge < -0.3 is 10.1 Å². The maximum atomic E-state index is 12.0. The quantitative estimate of drug-likeness (QED) is 0.630. The summed E-state index contributed by atoms with van der Waals surface area (Å²) < 4.78 is 5.62. The van der Waals surface area contributed by atoms with Crippen LogP contribution in [0.15, 0.2) is 0 Å². The van der Waals surface area contributed by atoms with E-state index in [1.54, 1.807) is 11.8 Å². The standard InChI is InChI=1S/C12H20N2O2S2/c1-11(2)7-12(3)14(10(17)13-11)8(5-6-18-4)9(15)16-12/h8H,5-7H2,1-4H3,(H,13,17)/t8-,12+/m0/s1. The number of esters is 1. The highest BCUT2D eigenvalue weighted by Gasteiger charge is 2.56. The lowest BCUT2D eigenvalue weighted by molar-refractivity contribution is -0.153. The molecule has 0 unspecified atom stereocenters. The number of thioether (sulfide) groups is 1. The molecule has 4 nitrogen and oxygen atoms in total. The fourth-order valence-electron chi connectivity index (χ4n) is 2.94. The number of rotatable bonds is 3. The van der Waals surface area contributed by atoms with Gasteiger partial charge in [-0.05, 0) is 51.4 Å². The predicted molar refractivity (Wildman–Crippen MR) is 77.6 cm³/mol. The van der Waals surface area contributed by atoms with Gasteiger partial charge in [0.05, 0.1) is 0 Å². The van der Waals surface area contributed by atoms with Gasteiger partial charge in [-0.2, -0.15) is 11.8 Å². The number of nitrogens with one attached hydrogen (secondary N) is 1. The lowest BCUT2D eigenvalue weighted by atomic mass is 9.90. The Morgan fingerprint density at radius 3 is 2.83 bits per heavy atom. The Hall–Kier alpha value is -0.490. The van der Waals surface area contributed by atoms with E-state index in [4.69, 9.17) is 17.0 Å². The topological polar surface area (TPSA) is 41.6 Å². The van der Waals surface area contributed by atoms with Crippen LogP contribution >= 0.6 is 24.0 Å². The van der Waals surface area contributed by atoms with Crippen LogP contribution in [0.5, 0.6) is 0 Å². The maximum Gasteiger partial charge on any atom is 0.331 e. The van der Waals surface area contributed by atoms with Gasteiger partial charge in [0.1, 0.15) is 6.04 Å². The summed E-state index contributed by atoms with van der Waals surface area (Å²) in [6, 6.07) is -0.237. The van der Waals surface area contributed by atoms with E-state index in [1.807, 2.05) is 18.1 Å². The molecular formula is C12H20N2O2S2. The van der Waals surface area contributed by atoms with E-state index >= 15 is 0 Å². The van der Waals surface area contributed by atoms with Crippen LogP contribution in [0.3, 0.4) is 0 Å². The third kappa shape index (κ3) is 2.32. The van der Waals surface area contributed by atoms with Crippen LogP contribution in [0, 0.1) is 0 Å². The molecule has 2 aliphatic heterocycles. The molecule has 0 saturated carbocycles. The Kier molecular flexibility index (Phi) is 3.53. The Morgan fingerprint density at radius 2 is 2.22 bits per heavy atom. The van der Waals surface area contributed by atoms with Crippen molar-refractivity contribution in [3.63, 3.8) is 0 Å². The van der Waals surface area contributed by atoms with Gasteiger partial charge in [-0.15, -0.1) is 0 Å². The molecule has 2 fully saturated rings. The van der Waals surface area contributed by atoms with Gasteiger partial charge in [-0.3, -0.25) is 4.90 Å². The number of ether oxygens (including phenoxy) is 1. The van der Waals surface area contributed by atoms with Crippen LogP contribution in [0.1, 0.15) is 33.6 Å². The molecule has 0 bridgehead atoms. The van der Waals surface area contributed by atoms with Crippen LogP contribution in [-0.4, -0.2) is 45.3 Å². The largest absolute Gasteiger partial charge is 0.437 e. The summed E-state index contributed by atoms with van der Waals surface area (Å²) in [6.07, 6.45) is 3.55. The lowest BCUT2D eigenvalue weighted by Gasteiger charge is -2.48. The van der Waals surface area contributed by atoms with Crippen LogP contribution in [0.4, 0.5) is 0 Å². The second-order valence-electron chi connectivity index (χ2n) is 5.75. The van der Waals surface area contributed by atoms with Crippen LogP contribution in [-0.2, 0) is 9.53 Å². The number of carbonyl (C=O) groups excluding carboxylic acids is 1. The molecule has 0 aliphatic carbocycles. The van der Waals surface area contributed by atoms with Gasteiger partial charge in [0.2, 0.25) is 0 Å². The Balaban J connectivity index is 2.25. The predicted octanol–water partition coefficient (Wildman–Crippen LogP) is 1.74. The van der Waals surface area contributed by atoms with Gasteiger partial charge in [0, 0.05) is 12.0 Å². The highest BCUT2D eigenvalue weighted by Crippen LogP contribution is 2.40. The van der Waals surface area contributed by atoms with Crippen LogP contribution in [0.2, 0.25) is 0 Å². The summed E-state index contributed by atoms with van der Waals surface area (Å²) in [6.45, 7) is 6.11. The summed E-state index contributed by atoms with van der Waals surface area (Å²) in [5.41, 5.74) is -0.733. The van der Waals surface area contributed by atoms with E-state index in [0.29, 0.717) is 5.11 Å². The van der Waals surface area contributed by atoms with E-state index < -0.39 is 5.72 Å². The minimum absolute atomic E-state index is 0.142. The molecule has 2 saturated heterocycles. The molecule has 0 spiro atoms. The van der Waals surface area contributed by atoms with Crippen molar-refractivity contribution in [2.45, 2.75) is 50.9 Å². The summed E-state index contributed by atoms with van der Waals surface area (Å²) in [5, 5.41) is 3.93. The molecule has 6 heteroatoms. The number of nitrogens with zero attached hydrogens (tertiary/aromatic N) is 1. The zero-order chi connectivity index (χ0) is 13.6. The molecule has 2 rings (SSSR count). The van der Waals surface area contributed by atoms with Crippen molar-refractivity contribution in [2.24, 2.45) is 0 Å². The third-order valence-corrected chi connectivity index (χ3v) is 4.39. The molecular weight excluding hydrogens is 268 g/mol. The average Bonchev–Trinajstić information content (AvgIpc) is 2.43. The number of hydrogen-bond acceptors (Lipinski definition) is 4. The normalized spacial score (nSPS) is 34.0. The molecule has 18 heavy (non-hydrogen) atoms. The minimum Gasteiger partial charge on any atom is -0.437 e. The van der Waals surface area contributed by atoms with E-state index in [2.05, 4.69) is 19.2 Å². The average molecular weight is 288 g/mol. The second-order valence-corrected chi connectivity index (χ2v) is 7.13. The summed E-state index contributed by atoms with van der Waals surface area (Å²) in [5.74, 6) is 0.784. The molecule has 1 N–H and O–H groups in total. The van der Waals surface area contributed by atoms with Crippen LogP contribution < -0.4 is 5.32 Å². The summed E-state index contributed by atoms with van der Waals surface area (Å²) in [4.78, 5) is 14.0. The highest BCUT2D eigenvalue weighted by molar-refractivity contribution is 7.98. The Bertz CT molecular complexity index is 386. The van der Waals surface area contributed by atoms with E-state index in [9.17, 15) is 4.79 Å². The lowest BCUT2D eigenvalue weighted by Crippen LogP contribution is -2.66. The zero-order valence-electron chi connectivity index (χ0n) is 11.3. The molecule has 2 heterocycles. The van der Waals surface area contributed by atoms with Crippen molar-refractivity contribution in [3.8, 4) is 0 Å². The van der Waals surface area contributed by atoms with Gasteiger partial charge in [-0.1, -0.05) is 0 Å². The molecule has 0 amide bonds. The monoisotopic (exact) mass is 288 g/mol. The van der Waals surface area contributed by atoms with Crippen molar-refractivity contribution in [1.29, 1.82) is 0 Å². The highest BCUT2D eigenvalue weighted by atomic mass is 32.2. The maximum absolute atomic E-state index is 12.0. The third-order valence-electron chi connectivity index (χ3n) is 3.44. The van der Waals surface area contributed by atoms with Gasteiger partial charge in [0.25, 0.3) is 0 Å². The SMILES string of the molecule is CSCC[C@H]1C(=O)O[C@]2(C)CC(C)(C)NC(=S)N12. The Morgan fingerprint density at radius 1 is 1.56 bits per heavy atom. The van der Waals surface area contributed by atoms with E-state index in [-0.39, 0.29) is 17.6 Å². The molecule has 102 valence electrons. The minimum atomic E-state index is -0.591. The molecule has 0 aromatic rings. The molecule has 2 aliphatic rings. The van der Waals surface area contributed by atoms with Crippen molar-refractivity contribution in [1.82, 2.24) is 10.2 Å². The van der Waals surface area contributed by atoms with E-state index in [0.717, 1.165) is 18.6 Å². The Labute approximate surface area is 118 Å². The first-order valence-corrected chi connectivity index (χ1v) is 7.92. The van der Waals surface area contributed by atoms with Crippen molar-refractivity contribution < 1.29 is 9.53 Å². The second kappa shape index (κ2) is 4.56. The van der Waals surface area contributed by atoms with Gasteiger partial charge >= 0.3 is 5.97 Å². The fraction of sp³-hybridized carbons (Fsp3) is 0.833. The first-order valence-electron chi connectivity index (χ1n) is 6.12.